The zero-order valence-electron chi connectivity index (χ0n) is 9.38. The highest BCUT2D eigenvalue weighted by molar-refractivity contribution is 9.11. The van der Waals surface area contributed by atoms with Gasteiger partial charge in [0.25, 0.3) is 5.91 Å². The van der Waals surface area contributed by atoms with Crippen LogP contribution in [0, 0.1) is 0 Å². The van der Waals surface area contributed by atoms with E-state index < -0.39 is 0 Å². The van der Waals surface area contributed by atoms with Crippen LogP contribution in [0.5, 0.6) is 0 Å². The molecule has 2 aromatic carbocycles. The number of halogens is 4. The number of amides is 1. The molecule has 0 aromatic heterocycles. The third-order valence-electron chi connectivity index (χ3n) is 2.38. The number of hydrogen-bond acceptors (Lipinski definition) is 1. The highest BCUT2D eigenvalue weighted by Gasteiger charge is 2.13. The summed E-state index contributed by atoms with van der Waals surface area (Å²) in [6, 6.07) is 10.7. The quantitative estimate of drug-likeness (QED) is 0.586. The van der Waals surface area contributed by atoms with Crippen LogP contribution in [0.25, 0.3) is 0 Å². The van der Waals surface area contributed by atoms with Crippen molar-refractivity contribution in [3.63, 3.8) is 0 Å². The van der Waals surface area contributed by atoms with E-state index in [-0.39, 0.29) is 5.91 Å². The molecule has 0 heterocycles. The second kappa shape index (κ2) is 6.39. The summed E-state index contributed by atoms with van der Waals surface area (Å²) in [5, 5.41) is 3.21. The second-order valence-corrected chi connectivity index (χ2v) is 6.68. The van der Waals surface area contributed by atoms with Gasteiger partial charge in [-0.1, -0.05) is 33.6 Å². The van der Waals surface area contributed by atoms with Crippen LogP contribution >= 0.6 is 59.4 Å². The minimum Gasteiger partial charge on any atom is -0.321 e. The topological polar surface area (TPSA) is 29.1 Å². The number of rotatable bonds is 2. The Kier molecular flexibility index (Phi) is 5.06. The molecule has 0 aliphatic rings. The van der Waals surface area contributed by atoms with Crippen molar-refractivity contribution in [2.75, 3.05) is 5.32 Å². The molecule has 19 heavy (non-hydrogen) atoms. The smallest absolute Gasteiger partial charge is 0.257 e. The summed E-state index contributed by atoms with van der Waals surface area (Å²) in [5.41, 5.74) is 1.11. The molecule has 98 valence electrons. The van der Waals surface area contributed by atoms with Gasteiger partial charge in [-0.25, -0.2) is 0 Å². The first kappa shape index (κ1) is 15.0. The lowest BCUT2D eigenvalue weighted by atomic mass is 10.2. The summed E-state index contributed by atoms with van der Waals surface area (Å²) in [6.07, 6.45) is 0. The zero-order valence-corrected chi connectivity index (χ0v) is 14.9. The number of anilines is 1. The Morgan fingerprint density at radius 2 is 1.79 bits per heavy atom. The fraction of sp³-hybridized carbons (Fsp3) is 0. The normalized spacial score (nSPS) is 10.3. The molecule has 0 atom stereocenters. The van der Waals surface area contributed by atoms with Crippen LogP contribution in [0.1, 0.15) is 10.4 Å². The minimum atomic E-state index is -0.255. The average molecular weight is 468 g/mol. The Morgan fingerprint density at radius 3 is 2.47 bits per heavy atom. The van der Waals surface area contributed by atoms with Crippen molar-refractivity contribution in [3.8, 4) is 0 Å². The van der Waals surface area contributed by atoms with E-state index in [1.54, 1.807) is 24.3 Å². The maximum Gasteiger partial charge on any atom is 0.257 e. The summed E-state index contributed by atoms with van der Waals surface area (Å²) < 4.78 is 2.41. The first-order valence-corrected chi connectivity index (χ1v) is 7.95. The molecular weight excluding hydrogens is 461 g/mol. The van der Waals surface area contributed by atoms with E-state index in [9.17, 15) is 4.79 Å². The molecule has 0 saturated heterocycles. The maximum absolute atomic E-state index is 12.2. The number of benzene rings is 2. The lowest BCUT2D eigenvalue weighted by molar-refractivity contribution is 0.102. The van der Waals surface area contributed by atoms with Gasteiger partial charge in [0, 0.05) is 13.4 Å². The summed E-state index contributed by atoms with van der Waals surface area (Å²) in [5.74, 6) is -0.255. The molecule has 0 aliphatic heterocycles. The fourth-order valence-corrected chi connectivity index (χ4v) is 3.18. The first-order valence-electron chi connectivity index (χ1n) is 5.19. The van der Waals surface area contributed by atoms with Gasteiger partial charge in [0.2, 0.25) is 0 Å². The molecule has 0 fully saturated rings. The largest absolute Gasteiger partial charge is 0.321 e. The highest BCUT2D eigenvalue weighted by atomic mass is 79.9. The van der Waals surface area contributed by atoms with Crippen LogP contribution in [0.15, 0.2) is 49.8 Å². The van der Waals surface area contributed by atoms with Crippen molar-refractivity contribution < 1.29 is 4.79 Å². The van der Waals surface area contributed by atoms with Crippen molar-refractivity contribution in [2.24, 2.45) is 0 Å². The Bertz CT molecular complexity index is 646. The SMILES string of the molecule is O=C(Nc1ccc(Br)cc1Br)c1cccc(Br)c1Cl. The third-order valence-corrected chi connectivity index (χ3v) is 4.82. The predicted octanol–water partition coefficient (Wildman–Crippen LogP) is 5.88. The average Bonchev–Trinajstić information content (AvgIpc) is 2.36. The van der Waals surface area contributed by atoms with E-state index in [1.165, 1.54) is 0 Å². The van der Waals surface area contributed by atoms with Crippen LogP contribution in [0.3, 0.4) is 0 Å². The van der Waals surface area contributed by atoms with Crippen molar-refractivity contribution in [2.45, 2.75) is 0 Å². The first-order chi connectivity index (χ1) is 8.99. The Morgan fingerprint density at radius 1 is 1.05 bits per heavy atom. The van der Waals surface area contributed by atoms with Gasteiger partial charge in [0.15, 0.2) is 0 Å². The van der Waals surface area contributed by atoms with Crippen LogP contribution in [-0.2, 0) is 0 Å². The highest BCUT2D eigenvalue weighted by Crippen LogP contribution is 2.29. The molecule has 1 N–H and O–H groups in total. The maximum atomic E-state index is 12.2. The molecule has 0 saturated carbocycles. The molecule has 0 radical (unpaired) electrons. The monoisotopic (exact) mass is 465 g/mol. The van der Waals surface area contributed by atoms with Crippen LogP contribution in [0.4, 0.5) is 5.69 Å². The lowest BCUT2D eigenvalue weighted by Crippen LogP contribution is -2.12. The van der Waals surface area contributed by atoms with Crippen LogP contribution < -0.4 is 5.32 Å². The van der Waals surface area contributed by atoms with E-state index in [0.717, 1.165) is 8.95 Å². The van der Waals surface area contributed by atoms with Crippen LogP contribution in [0.2, 0.25) is 5.02 Å². The zero-order chi connectivity index (χ0) is 14.0. The van der Waals surface area contributed by atoms with Crippen LogP contribution in [-0.4, -0.2) is 5.91 Å². The van der Waals surface area contributed by atoms with Gasteiger partial charge in [-0.15, -0.1) is 0 Å². The van der Waals surface area contributed by atoms with E-state index in [2.05, 4.69) is 53.1 Å². The molecule has 1 amide bonds. The predicted molar refractivity (Wildman–Crippen MR) is 88.9 cm³/mol. The molecule has 2 rings (SSSR count). The molecule has 0 aliphatic carbocycles. The third kappa shape index (κ3) is 3.60. The summed E-state index contributed by atoms with van der Waals surface area (Å²) in [7, 11) is 0. The molecule has 0 spiro atoms. The van der Waals surface area contributed by atoms with Gasteiger partial charge in [-0.05, 0) is 62.2 Å². The van der Waals surface area contributed by atoms with Crippen molar-refractivity contribution in [3.05, 3.63) is 60.4 Å². The van der Waals surface area contributed by atoms with E-state index in [4.69, 9.17) is 11.6 Å². The lowest BCUT2D eigenvalue weighted by Gasteiger charge is -2.09. The standard InChI is InChI=1S/C13H7Br3ClNO/c14-7-4-5-11(10(16)6-7)18-13(19)8-2-1-3-9(15)12(8)17/h1-6H,(H,18,19). The molecule has 6 heteroatoms. The number of hydrogen-bond donors (Lipinski definition) is 1. The minimum absolute atomic E-state index is 0.255. The van der Waals surface area contributed by atoms with Crippen molar-refractivity contribution >= 4 is 71.0 Å². The molecular formula is C13H7Br3ClNO. The van der Waals surface area contributed by atoms with Gasteiger partial charge in [0.1, 0.15) is 0 Å². The van der Waals surface area contributed by atoms with E-state index in [1.807, 2.05) is 12.1 Å². The molecule has 2 nitrogen and oxygen atoms in total. The number of carbonyl (C=O) groups excluding carboxylic acids is 1. The molecule has 2 aromatic rings. The fourth-order valence-electron chi connectivity index (χ4n) is 1.46. The van der Waals surface area contributed by atoms with Crippen molar-refractivity contribution in [1.29, 1.82) is 0 Å². The molecule has 0 bridgehead atoms. The number of carbonyl (C=O) groups is 1. The van der Waals surface area contributed by atoms with Gasteiger partial charge in [0.05, 0.1) is 16.3 Å². The van der Waals surface area contributed by atoms with Gasteiger partial charge < -0.3 is 5.32 Å². The van der Waals surface area contributed by atoms with Gasteiger partial charge >= 0.3 is 0 Å². The Labute approximate surface area is 140 Å². The van der Waals surface area contributed by atoms with E-state index >= 15 is 0 Å². The number of nitrogens with one attached hydrogen (secondary N) is 1. The Balaban J connectivity index is 2.28. The van der Waals surface area contributed by atoms with Gasteiger partial charge in [-0.3, -0.25) is 4.79 Å². The Hall–Kier alpha value is -0.360. The second-order valence-electron chi connectivity index (χ2n) is 3.68. The van der Waals surface area contributed by atoms with Crippen molar-refractivity contribution in [1.82, 2.24) is 0 Å². The van der Waals surface area contributed by atoms with Gasteiger partial charge in [-0.2, -0.15) is 0 Å². The summed E-state index contributed by atoms with van der Waals surface area (Å²) in [4.78, 5) is 12.2. The summed E-state index contributed by atoms with van der Waals surface area (Å²) >= 11 is 16.1. The summed E-state index contributed by atoms with van der Waals surface area (Å²) in [6.45, 7) is 0. The molecule has 0 unspecified atom stereocenters. The van der Waals surface area contributed by atoms with E-state index in [0.29, 0.717) is 20.7 Å².